The minimum atomic E-state index is 0.900. The molecular formula is C12H18N4S. The van der Waals surface area contributed by atoms with Crippen LogP contribution in [-0.4, -0.2) is 21.3 Å². The fraction of sp³-hybridized carbons (Fsp3) is 0.500. The van der Waals surface area contributed by atoms with Gasteiger partial charge >= 0.3 is 0 Å². The van der Waals surface area contributed by atoms with Crippen LogP contribution in [0.15, 0.2) is 18.6 Å². The molecule has 0 spiro atoms. The Morgan fingerprint density at radius 2 is 2.24 bits per heavy atom. The molecule has 0 bridgehead atoms. The van der Waals surface area contributed by atoms with Crippen LogP contribution >= 0.6 is 11.3 Å². The Kier molecular flexibility index (Phi) is 4.28. The van der Waals surface area contributed by atoms with Crippen LogP contribution < -0.4 is 5.32 Å². The average Bonchev–Trinajstić information content (AvgIpc) is 2.95. The number of nitrogens with zero attached hydrogens (tertiary/aromatic N) is 3. The molecular weight excluding hydrogens is 232 g/mol. The van der Waals surface area contributed by atoms with E-state index in [-0.39, 0.29) is 0 Å². The third-order valence-corrected chi connectivity index (χ3v) is 3.48. The van der Waals surface area contributed by atoms with Crippen molar-refractivity contribution in [2.24, 2.45) is 0 Å². The van der Waals surface area contributed by atoms with Crippen LogP contribution in [0.4, 0.5) is 0 Å². The number of thiazole rings is 1. The Labute approximate surface area is 106 Å². The molecule has 0 aliphatic rings. The summed E-state index contributed by atoms with van der Waals surface area (Å²) in [6.45, 7) is 7.12. The number of hydrogen-bond donors (Lipinski definition) is 1. The number of rotatable bonds is 6. The molecule has 2 aromatic rings. The molecule has 0 aliphatic heterocycles. The molecule has 0 fully saturated rings. The summed E-state index contributed by atoms with van der Waals surface area (Å²) in [5.74, 6) is 0. The first-order chi connectivity index (χ1) is 8.33. The van der Waals surface area contributed by atoms with Gasteiger partial charge in [-0.3, -0.25) is 4.68 Å². The molecule has 4 nitrogen and oxygen atoms in total. The molecule has 2 heterocycles. The lowest BCUT2D eigenvalue weighted by Crippen LogP contribution is -2.10. The number of aryl methyl sites for hydroxylation is 1. The van der Waals surface area contributed by atoms with Gasteiger partial charge in [0.1, 0.15) is 5.01 Å². The van der Waals surface area contributed by atoms with E-state index < -0.39 is 0 Å². The zero-order valence-corrected chi connectivity index (χ0v) is 11.1. The molecule has 0 saturated carbocycles. The number of aromatic nitrogens is 3. The Hall–Kier alpha value is -1.20. The maximum Gasteiger partial charge on any atom is 0.126 e. The van der Waals surface area contributed by atoms with Crippen molar-refractivity contribution in [2.75, 3.05) is 6.54 Å². The van der Waals surface area contributed by atoms with E-state index in [1.807, 2.05) is 17.1 Å². The van der Waals surface area contributed by atoms with Crippen LogP contribution in [0.2, 0.25) is 0 Å². The maximum atomic E-state index is 4.44. The highest BCUT2D eigenvalue weighted by atomic mass is 32.1. The smallest absolute Gasteiger partial charge is 0.126 e. The Morgan fingerprint density at radius 1 is 1.35 bits per heavy atom. The minimum absolute atomic E-state index is 0.900. The lowest BCUT2D eigenvalue weighted by molar-refractivity contribution is 0.603. The molecule has 0 saturated heterocycles. The normalized spacial score (nSPS) is 10.9. The number of hydrogen-bond acceptors (Lipinski definition) is 4. The van der Waals surface area contributed by atoms with Crippen molar-refractivity contribution < 1.29 is 0 Å². The van der Waals surface area contributed by atoms with E-state index in [0.29, 0.717) is 0 Å². The molecule has 0 aromatic carbocycles. The summed E-state index contributed by atoms with van der Waals surface area (Å²) in [7, 11) is 0. The molecule has 17 heavy (non-hydrogen) atoms. The molecule has 5 heteroatoms. The first-order valence-electron chi connectivity index (χ1n) is 6.01. The van der Waals surface area contributed by atoms with Crippen LogP contribution in [0, 0.1) is 0 Å². The highest BCUT2D eigenvalue weighted by Crippen LogP contribution is 2.24. The summed E-state index contributed by atoms with van der Waals surface area (Å²) >= 11 is 1.73. The van der Waals surface area contributed by atoms with Gasteiger partial charge in [-0.15, -0.1) is 11.3 Å². The first kappa shape index (κ1) is 12.3. The van der Waals surface area contributed by atoms with E-state index in [9.17, 15) is 0 Å². The van der Waals surface area contributed by atoms with E-state index in [1.54, 1.807) is 11.3 Å². The van der Waals surface area contributed by atoms with Gasteiger partial charge in [-0.05, 0) is 13.0 Å². The lowest BCUT2D eigenvalue weighted by atomic mass is 10.4. The number of nitrogens with one attached hydrogen (secondary N) is 1. The molecule has 0 atom stereocenters. The predicted octanol–water partition coefficient (Wildman–Crippen LogP) is 2.53. The highest BCUT2D eigenvalue weighted by molar-refractivity contribution is 7.15. The SMILES string of the molecule is CCCn1cc(-c2ncc(CNCC)s2)cn1. The zero-order valence-electron chi connectivity index (χ0n) is 10.3. The van der Waals surface area contributed by atoms with Crippen molar-refractivity contribution in [2.45, 2.75) is 33.4 Å². The highest BCUT2D eigenvalue weighted by Gasteiger charge is 2.06. The fourth-order valence-electron chi connectivity index (χ4n) is 1.60. The van der Waals surface area contributed by atoms with Gasteiger partial charge < -0.3 is 5.32 Å². The topological polar surface area (TPSA) is 42.7 Å². The summed E-state index contributed by atoms with van der Waals surface area (Å²) in [4.78, 5) is 5.71. The molecule has 92 valence electrons. The van der Waals surface area contributed by atoms with Crippen molar-refractivity contribution in [1.29, 1.82) is 0 Å². The third kappa shape index (κ3) is 3.14. The van der Waals surface area contributed by atoms with Crippen molar-refractivity contribution in [3.63, 3.8) is 0 Å². The zero-order chi connectivity index (χ0) is 12.1. The summed E-state index contributed by atoms with van der Waals surface area (Å²) in [6.07, 6.45) is 7.01. The van der Waals surface area contributed by atoms with Gasteiger partial charge in [0, 0.05) is 35.9 Å². The summed E-state index contributed by atoms with van der Waals surface area (Å²) < 4.78 is 1.97. The van der Waals surface area contributed by atoms with Gasteiger partial charge in [0.25, 0.3) is 0 Å². The van der Waals surface area contributed by atoms with Crippen LogP contribution in [-0.2, 0) is 13.1 Å². The maximum absolute atomic E-state index is 4.44. The molecule has 0 unspecified atom stereocenters. The van der Waals surface area contributed by atoms with Gasteiger partial charge in [0.15, 0.2) is 0 Å². The quantitative estimate of drug-likeness (QED) is 0.856. The van der Waals surface area contributed by atoms with E-state index in [4.69, 9.17) is 0 Å². The molecule has 0 amide bonds. The van der Waals surface area contributed by atoms with Gasteiger partial charge in [-0.1, -0.05) is 13.8 Å². The van der Waals surface area contributed by atoms with E-state index in [1.165, 1.54) is 4.88 Å². The average molecular weight is 250 g/mol. The Morgan fingerprint density at radius 3 is 3.00 bits per heavy atom. The van der Waals surface area contributed by atoms with Crippen molar-refractivity contribution >= 4 is 11.3 Å². The van der Waals surface area contributed by atoms with Crippen LogP contribution in [0.25, 0.3) is 10.6 Å². The summed E-state index contributed by atoms with van der Waals surface area (Å²) in [5, 5.41) is 8.68. The lowest BCUT2D eigenvalue weighted by Gasteiger charge is -1.95. The summed E-state index contributed by atoms with van der Waals surface area (Å²) in [5.41, 5.74) is 1.12. The van der Waals surface area contributed by atoms with Gasteiger partial charge in [-0.2, -0.15) is 5.10 Å². The van der Waals surface area contributed by atoms with Crippen LogP contribution in [0.5, 0.6) is 0 Å². The van der Waals surface area contributed by atoms with E-state index in [0.717, 1.165) is 36.6 Å². The first-order valence-corrected chi connectivity index (χ1v) is 6.83. The second kappa shape index (κ2) is 5.93. The third-order valence-electron chi connectivity index (χ3n) is 2.44. The van der Waals surface area contributed by atoms with Crippen LogP contribution in [0.3, 0.4) is 0 Å². The van der Waals surface area contributed by atoms with Gasteiger partial charge in [0.05, 0.1) is 6.20 Å². The van der Waals surface area contributed by atoms with Crippen molar-refractivity contribution in [3.05, 3.63) is 23.5 Å². The van der Waals surface area contributed by atoms with Gasteiger partial charge in [0.2, 0.25) is 0 Å². The standard InChI is InChI=1S/C12H18N4S/c1-3-5-16-9-10(6-15-16)12-14-8-11(17-12)7-13-4-2/h6,8-9,13H,3-5,7H2,1-2H3. The van der Waals surface area contributed by atoms with Crippen molar-refractivity contribution in [3.8, 4) is 10.6 Å². The molecule has 2 aromatic heterocycles. The molecule has 2 rings (SSSR count). The van der Waals surface area contributed by atoms with E-state index in [2.05, 4.69) is 35.4 Å². The molecule has 0 aliphatic carbocycles. The van der Waals surface area contributed by atoms with Crippen LogP contribution in [0.1, 0.15) is 25.1 Å². The minimum Gasteiger partial charge on any atom is -0.312 e. The molecule has 1 N–H and O–H groups in total. The summed E-state index contributed by atoms with van der Waals surface area (Å²) in [6, 6.07) is 0. The Bertz CT molecular complexity index is 461. The Balaban J connectivity index is 2.07. The second-order valence-corrected chi connectivity index (χ2v) is 5.02. The second-order valence-electron chi connectivity index (χ2n) is 3.90. The molecule has 0 radical (unpaired) electrons. The van der Waals surface area contributed by atoms with Gasteiger partial charge in [-0.25, -0.2) is 4.98 Å². The fourth-order valence-corrected chi connectivity index (χ4v) is 2.45. The van der Waals surface area contributed by atoms with Crippen molar-refractivity contribution in [1.82, 2.24) is 20.1 Å². The monoisotopic (exact) mass is 250 g/mol. The predicted molar refractivity (Wildman–Crippen MR) is 71.0 cm³/mol. The largest absolute Gasteiger partial charge is 0.312 e. The van der Waals surface area contributed by atoms with E-state index >= 15 is 0 Å².